The van der Waals surface area contributed by atoms with Gasteiger partial charge in [-0.05, 0) is 43.2 Å². The molecule has 0 saturated heterocycles. The van der Waals surface area contributed by atoms with Gasteiger partial charge in [-0.15, -0.1) is 0 Å². The molecule has 0 spiro atoms. The Morgan fingerprint density at radius 3 is 2.40 bits per heavy atom. The minimum absolute atomic E-state index is 0.0191. The van der Waals surface area contributed by atoms with Crippen molar-refractivity contribution in [2.45, 2.75) is 50.0 Å². The fourth-order valence-corrected chi connectivity index (χ4v) is 5.50. The van der Waals surface area contributed by atoms with Gasteiger partial charge in [-0.2, -0.15) is 4.31 Å². The molecule has 0 unspecified atom stereocenters. The van der Waals surface area contributed by atoms with Crippen LogP contribution in [0.4, 0.5) is 11.4 Å². The number of anilines is 1. The number of nitrogens with one attached hydrogen (secondary N) is 1. The van der Waals surface area contributed by atoms with E-state index in [1.165, 1.54) is 42.5 Å². The molecular formula is C21H25N3O5S. The van der Waals surface area contributed by atoms with E-state index in [-0.39, 0.29) is 22.2 Å². The van der Waals surface area contributed by atoms with Crippen LogP contribution in [0.2, 0.25) is 0 Å². The van der Waals surface area contributed by atoms with Crippen LogP contribution in [0, 0.1) is 10.1 Å². The van der Waals surface area contributed by atoms with Crippen LogP contribution in [0.3, 0.4) is 0 Å². The smallest absolute Gasteiger partial charge is 0.271 e. The molecule has 8 nitrogen and oxygen atoms in total. The maximum absolute atomic E-state index is 13.1. The van der Waals surface area contributed by atoms with Gasteiger partial charge in [0, 0.05) is 36.0 Å². The van der Waals surface area contributed by atoms with Gasteiger partial charge >= 0.3 is 0 Å². The van der Waals surface area contributed by atoms with Crippen molar-refractivity contribution in [2.24, 2.45) is 0 Å². The van der Waals surface area contributed by atoms with Crippen molar-refractivity contribution in [3.05, 3.63) is 64.2 Å². The van der Waals surface area contributed by atoms with Crippen molar-refractivity contribution < 1.29 is 18.1 Å². The maximum Gasteiger partial charge on any atom is 0.271 e. The number of rotatable bonds is 7. The Morgan fingerprint density at radius 1 is 1.13 bits per heavy atom. The number of sulfonamides is 1. The molecule has 1 aliphatic rings. The van der Waals surface area contributed by atoms with E-state index < -0.39 is 20.9 Å². The zero-order valence-corrected chi connectivity index (χ0v) is 17.6. The van der Waals surface area contributed by atoms with E-state index in [0.29, 0.717) is 12.2 Å². The summed E-state index contributed by atoms with van der Waals surface area (Å²) < 4.78 is 27.8. The predicted molar refractivity (Wildman–Crippen MR) is 114 cm³/mol. The molecule has 2 aromatic rings. The lowest BCUT2D eigenvalue weighted by atomic mass is 9.95. The Morgan fingerprint density at radius 2 is 1.80 bits per heavy atom. The molecular weight excluding hydrogens is 406 g/mol. The Kier molecular flexibility index (Phi) is 6.84. The molecule has 0 radical (unpaired) electrons. The number of nitro groups is 1. The van der Waals surface area contributed by atoms with E-state index in [4.69, 9.17) is 0 Å². The molecule has 0 aliphatic heterocycles. The van der Waals surface area contributed by atoms with Crippen molar-refractivity contribution >= 4 is 27.3 Å². The molecule has 0 heterocycles. The first-order valence-corrected chi connectivity index (χ1v) is 11.4. The topological polar surface area (TPSA) is 110 Å². The lowest BCUT2D eigenvalue weighted by Crippen LogP contribution is -2.41. The predicted octanol–water partition coefficient (Wildman–Crippen LogP) is 4.19. The van der Waals surface area contributed by atoms with E-state index in [1.807, 2.05) is 6.92 Å². The van der Waals surface area contributed by atoms with E-state index >= 15 is 0 Å². The first-order valence-electron chi connectivity index (χ1n) is 10.0. The number of amides is 1. The van der Waals surface area contributed by atoms with Crippen LogP contribution in [0.25, 0.3) is 0 Å². The van der Waals surface area contributed by atoms with Crippen LogP contribution in [0.5, 0.6) is 0 Å². The Hall–Kier alpha value is -2.78. The molecule has 2 aromatic carbocycles. The summed E-state index contributed by atoms with van der Waals surface area (Å²) >= 11 is 0. The number of carbonyl (C=O) groups is 1. The van der Waals surface area contributed by atoms with Crippen LogP contribution in [0.15, 0.2) is 53.4 Å². The normalized spacial score (nSPS) is 15.1. The van der Waals surface area contributed by atoms with E-state index in [9.17, 15) is 23.3 Å². The number of hydrogen-bond donors (Lipinski definition) is 1. The summed E-state index contributed by atoms with van der Waals surface area (Å²) in [5.74, 6) is -0.473. The monoisotopic (exact) mass is 431 g/mol. The van der Waals surface area contributed by atoms with Gasteiger partial charge in [-0.3, -0.25) is 14.9 Å². The molecule has 1 fully saturated rings. The molecule has 1 N–H and O–H groups in total. The molecule has 0 aromatic heterocycles. The lowest BCUT2D eigenvalue weighted by molar-refractivity contribution is -0.384. The summed E-state index contributed by atoms with van der Waals surface area (Å²) in [6.07, 6.45) is 4.96. The third-order valence-corrected chi connectivity index (χ3v) is 7.37. The second kappa shape index (κ2) is 9.36. The largest absolute Gasteiger partial charge is 0.322 e. The molecule has 0 bridgehead atoms. The second-order valence-corrected chi connectivity index (χ2v) is 9.18. The number of benzene rings is 2. The summed E-state index contributed by atoms with van der Waals surface area (Å²) in [5.41, 5.74) is 0.429. The highest BCUT2D eigenvalue weighted by molar-refractivity contribution is 7.89. The Bertz CT molecular complexity index is 1020. The standard InChI is InChI=1S/C21H25N3O5S/c1-2-23(18-8-4-3-5-9-18)30(28,29)20-13-11-16(12-14-20)21(25)22-17-7-6-10-19(15-17)24(26)27/h6-7,10-15,18H,2-5,8-9H2,1H3,(H,22,25). The lowest BCUT2D eigenvalue weighted by Gasteiger charge is -2.32. The highest BCUT2D eigenvalue weighted by atomic mass is 32.2. The third kappa shape index (κ3) is 4.85. The van der Waals surface area contributed by atoms with Crippen LogP contribution >= 0.6 is 0 Å². The maximum atomic E-state index is 13.1. The fourth-order valence-electron chi connectivity index (χ4n) is 3.81. The average molecular weight is 432 g/mol. The van der Waals surface area contributed by atoms with Gasteiger partial charge in [-0.1, -0.05) is 32.3 Å². The molecule has 1 amide bonds. The van der Waals surface area contributed by atoms with Gasteiger partial charge in [0.2, 0.25) is 10.0 Å². The Labute approximate surface area is 176 Å². The van der Waals surface area contributed by atoms with Crippen LogP contribution in [-0.2, 0) is 10.0 Å². The number of carbonyl (C=O) groups excluding carboxylic acids is 1. The summed E-state index contributed by atoms with van der Waals surface area (Å²) in [6.45, 7) is 2.25. The number of non-ortho nitro benzene ring substituents is 1. The fraction of sp³-hybridized carbons (Fsp3) is 0.381. The van der Waals surface area contributed by atoms with Crippen LogP contribution in [0.1, 0.15) is 49.4 Å². The Balaban J connectivity index is 1.75. The summed E-state index contributed by atoms with van der Waals surface area (Å²) in [7, 11) is -3.64. The minimum Gasteiger partial charge on any atom is -0.322 e. The van der Waals surface area contributed by atoms with Gasteiger partial charge in [0.05, 0.1) is 9.82 Å². The second-order valence-electron chi connectivity index (χ2n) is 7.29. The third-order valence-electron chi connectivity index (χ3n) is 5.33. The zero-order chi connectivity index (χ0) is 21.7. The van der Waals surface area contributed by atoms with Crippen molar-refractivity contribution in [2.75, 3.05) is 11.9 Å². The number of hydrogen-bond acceptors (Lipinski definition) is 5. The van der Waals surface area contributed by atoms with Crippen LogP contribution < -0.4 is 5.32 Å². The molecule has 30 heavy (non-hydrogen) atoms. The molecule has 9 heteroatoms. The highest BCUT2D eigenvalue weighted by Crippen LogP contribution is 2.28. The van der Waals surface area contributed by atoms with Crippen molar-refractivity contribution in [1.82, 2.24) is 4.31 Å². The van der Waals surface area contributed by atoms with Gasteiger partial charge in [0.1, 0.15) is 0 Å². The quantitative estimate of drug-likeness (QED) is 0.522. The molecule has 3 rings (SSSR count). The number of nitrogens with zero attached hydrogens (tertiary/aromatic N) is 2. The molecule has 1 saturated carbocycles. The van der Waals surface area contributed by atoms with Crippen molar-refractivity contribution in [3.63, 3.8) is 0 Å². The van der Waals surface area contributed by atoms with Gasteiger partial charge < -0.3 is 5.32 Å². The first kappa shape index (κ1) is 21.9. The van der Waals surface area contributed by atoms with E-state index in [0.717, 1.165) is 32.1 Å². The number of nitro benzene ring substituents is 1. The molecule has 160 valence electrons. The molecule has 0 atom stereocenters. The van der Waals surface area contributed by atoms with E-state index in [2.05, 4.69) is 5.32 Å². The van der Waals surface area contributed by atoms with Gasteiger partial charge in [0.25, 0.3) is 11.6 Å². The average Bonchev–Trinajstić information content (AvgIpc) is 2.75. The summed E-state index contributed by atoms with van der Waals surface area (Å²) in [6, 6.07) is 11.4. The first-order chi connectivity index (χ1) is 14.3. The zero-order valence-electron chi connectivity index (χ0n) is 16.8. The van der Waals surface area contributed by atoms with Crippen molar-refractivity contribution in [1.29, 1.82) is 0 Å². The SMILES string of the molecule is CCN(C1CCCCC1)S(=O)(=O)c1ccc(C(=O)Nc2cccc([N+](=O)[O-])c2)cc1. The van der Waals surface area contributed by atoms with Crippen molar-refractivity contribution in [3.8, 4) is 0 Å². The molecule has 1 aliphatic carbocycles. The summed E-state index contributed by atoms with van der Waals surface area (Å²) in [4.78, 5) is 22.9. The van der Waals surface area contributed by atoms with E-state index in [1.54, 1.807) is 10.4 Å². The summed E-state index contributed by atoms with van der Waals surface area (Å²) in [5, 5.41) is 13.5. The van der Waals surface area contributed by atoms with Crippen LogP contribution in [-0.4, -0.2) is 36.1 Å². The van der Waals surface area contributed by atoms with Gasteiger partial charge in [-0.25, -0.2) is 8.42 Å². The highest BCUT2D eigenvalue weighted by Gasteiger charge is 2.31. The minimum atomic E-state index is -3.64. The van der Waals surface area contributed by atoms with Gasteiger partial charge in [0.15, 0.2) is 0 Å².